The number of hydrogen-bond acceptors (Lipinski definition) is 2. The van der Waals surface area contributed by atoms with Gasteiger partial charge in [-0.3, -0.25) is 9.59 Å². The van der Waals surface area contributed by atoms with E-state index in [9.17, 15) is 18.4 Å². The van der Waals surface area contributed by atoms with Crippen LogP contribution in [0.1, 0.15) is 18.1 Å². The quantitative estimate of drug-likeness (QED) is 0.787. The van der Waals surface area contributed by atoms with Gasteiger partial charge in [-0.2, -0.15) is 0 Å². The fourth-order valence-electron chi connectivity index (χ4n) is 2.59. The summed E-state index contributed by atoms with van der Waals surface area (Å²) in [5, 5.41) is 2.68. The lowest BCUT2D eigenvalue weighted by Gasteiger charge is -2.21. The molecule has 0 aliphatic carbocycles. The average Bonchev–Trinajstić information content (AvgIpc) is 2.61. The number of halogens is 2. The van der Waals surface area contributed by atoms with E-state index in [2.05, 4.69) is 5.32 Å². The lowest BCUT2D eigenvalue weighted by molar-refractivity contribution is -0.129. The molecule has 0 fully saturated rings. The minimum absolute atomic E-state index is 0.0536. The molecule has 0 spiro atoms. The third-order valence-electron chi connectivity index (χ3n) is 4.07. The minimum atomic E-state index is -0.419. The zero-order chi connectivity index (χ0) is 18.9. The zero-order valence-corrected chi connectivity index (χ0v) is 14.7. The predicted molar refractivity (Wildman–Crippen MR) is 95.5 cm³/mol. The van der Waals surface area contributed by atoms with Gasteiger partial charge in [-0.15, -0.1) is 0 Å². The molecule has 1 N–H and O–H groups in total. The fraction of sp³-hybridized carbons (Fsp3) is 0.300. The van der Waals surface area contributed by atoms with E-state index < -0.39 is 5.82 Å². The van der Waals surface area contributed by atoms with Crippen molar-refractivity contribution in [2.45, 2.75) is 19.8 Å². The second kappa shape index (κ2) is 9.65. The SMILES string of the molecule is CC(=O)N(CCNC(=O)Cc1ccccc1F)CCc1ccccc1F. The van der Waals surface area contributed by atoms with Crippen LogP contribution in [0.25, 0.3) is 0 Å². The molecule has 138 valence electrons. The molecule has 0 aliphatic heterocycles. The van der Waals surface area contributed by atoms with Crippen molar-refractivity contribution in [3.63, 3.8) is 0 Å². The molecule has 0 unspecified atom stereocenters. The van der Waals surface area contributed by atoms with Gasteiger partial charge in [-0.25, -0.2) is 8.78 Å². The first-order valence-electron chi connectivity index (χ1n) is 8.46. The summed E-state index contributed by atoms with van der Waals surface area (Å²) in [4.78, 5) is 25.2. The van der Waals surface area contributed by atoms with E-state index in [-0.39, 0.29) is 30.6 Å². The molecule has 0 heterocycles. The van der Waals surface area contributed by atoms with Crippen LogP contribution in [0.5, 0.6) is 0 Å². The molecule has 0 radical (unpaired) electrons. The van der Waals surface area contributed by atoms with Crippen LogP contribution < -0.4 is 5.32 Å². The summed E-state index contributed by atoms with van der Waals surface area (Å²) in [6, 6.07) is 12.5. The maximum absolute atomic E-state index is 13.6. The minimum Gasteiger partial charge on any atom is -0.354 e. The van der Waals surface area contributed by atoms with E-state index in [0.29, 0.717) is 30.6 Å². The van der Waals surface area contributed by atoms with Gasteiger partial charge in [0.2, 0.25) is 11.8 Å². The Labute approximate surface area is 151 Å². The van der Waals surface area contributed by atoms with Crippen molar-refractivity contribution in [2.24, 2.45) is 0 Å². The standard InChI is InChI=1S/C20H22F2N2O2/c1-15(25)24(12-10-16-6-2-4-8-18(16)21)13-11-23-20(26)14-17-7-3-5-9-19(17)22/h2-9H,10-14H2,1H3,(H,23,26). The van der Waals surface area contributed by atoms with Gasteiger partial charge >= 0.3 is 0 Å². The van der Waals surface area contributed by atoms with Gasteiger partial charge in [-0.05, 0) is 29.7 Å². The molecule has 2 rings (SSSR count). The Balaban J connectivity index is 1.79. The third-order valence-corrected chi connectivity index (χ3v) is 4.07. The van der Waals surface area contributed by atoms with Crippen molar-refractivity contribution in [1.82, 2.24) is 10.2 Å². The van der Waals surface area contributed by atoms with E-state index in [1.807, 2.05) is 0 Å². The van der Waals surface area contributed by atoms with Gasteiger partial charge in [0.1, 0.15) is 11.6 Å². The maximum Gasteiger partial charge on any atom is 0.224 e. The van der Waals surface area contributed by atoms with E-state index in [0.717, 1.165) is 0 Å². The van der Waals surface area contributed by atoms with Gasteiger partial charge in [-0.1, -0.05) is 36.4 Å². The van der Waals surface area contributed by atoms with Crippen molar-refractivity contribution in [2.75, 3.05) is 19.6 Å². The molecule has 6 heteroatoms. The molecule has 4 nitrogen and oxygen atoms in total. The van der Waals surface area contributed by atoms with Crippen molar-refractivity contribution < 1.29 is 18.4 Å². The summed E-state index contributed by atoms with van der Waals surface area (Å²) in [6.07, 6.45) is 0.345. The summed E-state index contributed by atoms with van der Waals surface area (Å²) in [5.41, 5.74) is 0.871. The van der Waals surface area contributed by atoms with Crippen molar-refractivity contribution >= 4 is 11.8 Å². The molecule has 0 aromatic heterocycles. The van der Waals surface area contributed by atoms with Crippen LogP contribution in [-0.2, 0) is 22.4 Å². The first-order valence-corrected chi connectivity index (χ1v) is 8.46. The molecule has 0 atom stereocenters. The largest absolute Gasteiger partial charge is 0.354 e. The van der Waals surface area contributed by atoms with Gasteiger partial charge in [0, 0.05) is 26.6 Å². The van der Waals surface area contributed by atoms with Crippen LogP contribution in [0.2, 0.25) is 0 Å². The molecule has 0 saturated carbocycles. The Morgan fingerprint density at radius 2 is 1.50 bits per heavy atom. The Morgan fingerprint density at radius 1 is 0.923 bits per heavy atom. The van der Waals surface area contributed by atoms with Crippen molar-refractivity contribution in [3.05, 3.63) is 71.3 Å². The second-order valence-electron chi connectivity index (χ2n) is 5.97. The highest BCUT2D eigenvalue weighted by atomic mass is 19.1. The summed E-state index contributed by atoms with van der Waals surface area (Å²) < 4.78 is 27.2. The highest BCUT2D eigenvalue weighted by Crippen LogP contribution is 2.08. The number of nitrogens with zero attached hydrogens (tertiary/aromatic N) is 1. The lowest BCUT2D eigenvalue weighted by atomic mass is 10.1. The predicted octanol–water partition coefficient (Wildman–Crippen LogP) is 2.71. The number of amides is 2. The smallest absolute Gasteiger partial charge is 0.224 e. The first-order chi connectivity index (χ1) is 12.5. The number of carbonyl (C=O) groups excluding carboxylic acids is 2. The fourth-order valence-corrected chi connectivity index (χ4v) is 2.59. The Bertz CT molecular complexity index is 765. The molecule has 2 amide bonds. The van der Waals surface area contributed by atoms with E-state index in [4.69, 9.17) is 0 Å². The molecule has 0 saturated heterocycles. The summed E-state index contributed by atoms with van der Waals surface area (Å²) in [6.45, 7) is 2.36. The van der Waals surface area contributed by atoms with Crippen LogP contribution in [0, 0.1) is 11.6 Å². The van der Waals surface area contributed by atoms with Crippen LogP contribution in [0.4, 0.5) is 8.78 Å². The van der Waals surface area contributed by atoms with E-state index in [1.54, 1.807) is 41.3 Å². The molecule has 0 bridgehead atoms. The number of hydrogen-bond donors (Lipinski definition) is 1. The van der Waals surface area contributed by atoms with Crippen LogP contribution in [0.15, 0.2) is 48.5 Å². The number of benzene rings is 2. The first kappa shape index (κ1) is 19.6. The highest BCUT2D eigenvalue weighted by Gasteiger charge is 2.12. The average molecular weight is 360 g/mol. The maximum atomic E-state index is 13.6. The number of rotatable bonds is 8. The molecule has 26 heavy (non-hydrogen) atoms. The molecule has 0 aliphatic rings. The van der Waals surface area contributed by atoms with Gasteiger partial charge < -0.3 is 10.2 Å². The van der Waals surface area contributed by atoms with Gasteiger partial charge in [0.15, 0.2) is 0 Å². The van der Waals surface area contributed by atoms with E-state index in [1.165, 1.54) is 19.1 Å². The monoisotopic (exact) mass is 360 g/mol. The number of carbonyl (C=O) groups is 2. The van der Waals surface area contributed by atoms with Crippen molar-refractivity contribution in [1.29, 1.82) is 0 Å². The Hall–Kier alpha value is -2.76. The third kappa shape index (κ3) is 5.95. The highest BCUT2D eigenvalue weighted by molar-refractivity contribution is 5.78. The molecular weight excluding hydrogens is 338 g/mol. The summed E-state index contributed by atoms with van der Waals surface area (Å²) in [7, 11) is 0. The van der Waals surface area contributed by atoms with E-state index >= 15 is 0 Å². The second-order valence-corrected chi connectivity index (χ2v) is 5.97. The topological polar surface area (TPSA) is 49.4 Å². The Morgan fingerprint density at radius 3 is 2.08 bits per heavy atom. The van der Waals surface area contributed by atoms with Crippen LogP contribution in [-0.4, -0.2) is 36.3 Å². The lowest BCUT2D eigenvalue weighted by Crippen LogP contribution is -2.39. The zero-order valence-electron chi connectivity index (χ0n) is 14.7. The Kier molecular flexibility index (Phi) is 7.26. The summed E-state index contributed by atoms with van der Waals surface area (Å²) >= 11 is 0. The van der Waals surface area contributed by atoms with Crippen LogP contribution >= 0.6 is 0 Å². The van der Waals surface area contributed by atoms with Crippen molar-refractivity contribution in [3.8, 4) is 0 Å². The van der Waals surface area contributed by atoms with Gasteiger partial charge in [0.25, 0.3) is 0 Å². The molecule has 2 aromatic carbocycles. The normalized spacial score (nSPS) is 10.4. The summed E-state index contributed by atoms with van der Waals surface area (Å²) in [5.74, 6) is -1.18. The number of nitrogens with one attached hydrogen (secondary N) is 1. The van der Waals surface area contributed by atoms with Crippen LogP contribution in [0.3, 0.4) is 0 Å². The van der Waals surface area contributed by atoms with Gasteiger partial charge in [0.05, 0.1) is 6.42 Å². The molecule has 2 aromatic rings. The molecular formula is C20H22F2N2O2.